The van der Waals surface area contributed by atoms with Crippen molar-refractivity contribution < 1.29 is 9.53 Å². The maximum Gasteiger partial charge on any atom is 0.410 e. The van der Waals surface area contributed by atoms with E-state index in [1.807, 2.05) is 25.7 Å². The maximum absolute atomic E-state index is 12.2. The van der Waals surface area contributed by atoms with E-state index in [0.29, 0.717) is 12.1 Å². The summed E-state index contributed by atoms with van der Waals surface area (Å²) in [6.07, 6.45) is 5.83. The van der Waals surface area contributed by atoms with Crippen LogP contribution in [-0.2, 0) is 4.74 Å². The molecule has 2 aliphatic heterocycles. The first-order chi connectivity index (χ1) is 7.90. The van der Waals surface area contributed by atoms with Crippen LogP contribution in [0.4, 0.5) is 4.79 Å². The normalized spacial score (nSPS) is 32.7. The highest BCUT2D eigenvalue weighted by Crippen LogP contribution is 2.40. The zero-order chi connectivity index (χ0) is 12.6. The van der Waals surface area contributed by atoms with E-state index >= 15 is 0 Å². The second-order valence-corrected chi connectivity index (χ2v) is 6.52. The van der Waals surface area contributed by atoms with Crippen molar-refractivity contribution in [2.45, 2.75) is 77.5 Å². The third-order valence-corrected chi connectivity index (χ3v) is 4.01. The largest absolute Gasteiger partial charge is 0.444 e. The zero-order valence-electron chi connectivity index (χ0n) is 11.5. The SMILES string of the molecule is CCC1C[C@H]2CC[C@@H](C1)N2C(=O)OC(C)(C)C. The Morgan fingerprint density at radius 1 is 1.24 bits per heavy atom. The molecular formula is C14H25NO2. The average molecular weight is 239 g/mol. The number of fused-ring (bicyclic) bond motifs is 2. The van der Waals surface area contributed by atoms with Crippen molar-refractivity contribution in [2.75, 3.05) is 0 Å². The summed E-state index contributed by atoms with van der Waals surface area (Å²) < 4.78 is 5.51. The van der Waals surface area contributed by atoms with E-state index in [1.54, 1.807) is 0 Å². The third-order valence-electron chi connectivity index (χ3n) is 4.01. The Hall–Kier alpha value is -0.730. The van der Waals surface area contributed by atoms with Gasteiger partial charge in [-0.15, -0.1) is 0 Å². The summed E-state index contributed by atoms with van der Waals surface area (Å²) in [5.74, 6) is 0.811. The summed E-state index contributed by atoms with van der Waals surface area (Å²) in [5, 5.41) is 0. The molecule has 2 saturated heterocycles. The number of nitrogens with zero attached hydrogens (tertiary/aromatic N) is 1. The molecule has 0 saturated carbocycles. The Morgan fingerprint density at radius 2 is 1.76 bits per heavy atom. The van der Waals surface area contributed by atoms with Gasteiger partial charge in [-0.05, 0) is 52.4 Å². The summed E-state index contributed by atoms with van der Waals surface area (Å²) in [6.45, 7) is 8.07. The highest BCUT2D eigenvalue weighted by molar-refractivity contribution is 5.69. The van der Waals surface area contributed by atoms with Gasteiger partial charge < -0.3 is 9.64 Å². The molecule has 3 atom stereocenters. The lowest BCUT2D eigenvalue weighted by molar-refractivity contribution is 0.00191. The molecule has 3 heteroatoms. The quantitative estimate of drug-likeness (QED) is 0.700. The summed E-state index contributed by atoms with van der Waals surface area (Å²) in [7, 11) is 0. The van der Waals surface area contributed by atoms with Crippen molar-refractivity contribution in [3.63, 3.8) is 0 Å². The van der Waals surface area contributed by atoms with Gasteiger partial charge in [0, 0.05) is 12.1 Å². The molecule has 2 bridgehead atoms. The van der Waals surface area contributed by atoms with Gasteiger partial charge in [0.2, 0.25) is 0 Å². The van der Waals surface area contributed by atoms with Crippen LogP contribution in [0.2, 0.25) is 0 Å². The molecule has 0 aliphatic carbocycles. The predicted molar refractivity (Wildman–Crippen MR) is 67.9 cm³/mol. The molecule has 1 amide bonds. The topological polar surface area (TPSA) is 29.5 Å². The standard InChI is InChI=1S/C14H25NO2/c1-5-10-8-11-6-7-12(9-10)15(11)13(16)17-14(2,3)4/h10-12H,5-9H2,1-4H3/t10?,11-,12+. The van der Waals surface area contributed by atoms with E-state index in [-0.39, 0.29) is 11.7 Å². The van der Waals surface area contributed by atoms with Crippen LogP contribution >= 0.6 is 0 Å². The van der Waals surface area contributed by atoms with E-state index in [9.17, 15) is 4.79 Å². The first-order valence-electron chi connectivity index (χ1n) is 6.92. The van der Waals surface area contributed by atoms with Gasteiger partial charge in [-0.3, -0.25) is 0 Å². The van der Waals surface area contributed by atoms with Crippen LogP contribution in [0.15, 0.2) is 0 Å². The van der Waals surface area contributed by atoms with Crippen molar-refractivity contribution in [1.82, 2.24) is 4.90 Å². The molecule has 0 spiro atoms. The molecule has 98 valence electrons. The van der Waals surface area contributed by atoms with E-state index < -0.39 is 0 Å². The number of ether oxygens (including phenoxy) is 1. The number of hydrogen-bond donors (Lipinski definition) is 0. The van der Waals surface area contributed by atoms with Crippen LogP contribution in [0.25, 0.3) is 0 Å². The Kier molecular flexibility index (Phi) is 3.37. The minimum atomic E-state index is -0.377. The molecule has 17 heavy (non-hydrogen) atoms. The Balaban J connectivity index is 2.01. The number of hydrogen-bond acceptors (Lipinski definition) is 2. The van der Waals surface area contributed by atoms with Crippen LogP contribution in [0.3, 0.4) is 0 Å². The van der Waals surface area contributed by atoms with Crippen molar-refractivity contribution in [1.29, 1.82) is 0 Å². The molecule has 0 aromatic heterocycles. The van der Waals surface area contributed by atoms with Gasteiger partial charge in [0.25, 0.3) is 0 Å². The van der Waals surface area contributed by atoms with Gasteiger partial charge in [0.15, 0.2) is 0 Å². The second-order valence-electron chi connectivity index (χ2n) is 6.52. The van der Waals surface area contributed by atoms with Gasteiger partial charge in [-0.2, -0.15) is 0 Å². The van der Waals surface area contributed by atoms with Gasteiger partial charge >= 0.3 is 6.09 Å². The van der Waals surface area contributed by atoms with Crippen LogP contribution in [0.1, 0.15) is 59.8 Å². The first-order valence-corrected chi connectivity index (χ1v) is 6.92. The lowest BCUT2D eigenvalue weighted by Crippen LogP contribution is -2.48. The average Bonchev–Trinajstić information content (AvgIpc) is 2.47. The summed E-state index contributed by atoms with van der Waals surface area (Å²) in [6, 6.07) is 0.877. The Labute approximate surface area is 105 Å². The molecule has 2 aliphatic rings. The third kappa shape index (κ3) is 2.75. The summed E-state index contributed by atoms with van der Waals surface area (Å²) >= 11 is 0. The molecule has 0 aromatic carbocycles. The van der Waals surface area contributed by atoms with Gasteiger partial charge in [0.1, 0.15) is 5.60 Å². The van der Waals surface area contributed by atoms with Crippen molar-refractivity contribution in [3.05, 3.63) is 0 Å². The van der Waals surface area contributed by atoms with Crippen molar-refractivity contribution >= 4 is 6.09 Å². The van der Waals surface area contributed by atoms with E-state index in [4.69, 9.17) is 4.74 Å². The number of carbonyl (C=O) groups excluding carboxylic acids is 1. The van der Waals surface area contributed by atoms with E-state index in [1.165, 1.54) is 32.1 Å². The maximum atomic E-state index is 12.2. The molecule has 1 unspecified atom stereocenters. The van der Waals surface area contributed by atoms with Crippen LogP contribution in [-0.4, -0.2) is 28.7 Å². The van der Waals surface area contributed by atoms with Crippen LogP contribution < -0.4 is 0 Å². The Bertz CT molecular complexity index is 281. The lowest BCUT2D eigenvalue weighted by Gasteiger charge is -2.39. The number of carbonyl (C=O) groups is 1. The molecule has 0 N–H and O–H groups in total. The fraction of sp³-hybridized carbons (Fsp3) is 0.929. The molecule has 0 radical (unpaired) electrons. The molecule has 2 fully saturated rings. The van der Waals surface area contributed by atoms with Crippen LogP contribution in [0, 0.1) is 5.92 Å². The van der Waals surface area contributed by atoms with Crippen LogP contribution in [0.5, 0.6) is 0 Å². The van der Waals surface area contributed by atoms with Crippen molar-refractivity contribution in [3.8, 4) is 0 Å². The number of piperidine rings is 1. The minimum Gasteiger partial charge on any atom is -0.444 e. The molecule has 0 aromatic rings. The van der Waals surface area contributed by atoms with Gasteiger partial charge in [0.05, 0.1) is 0 Å². The number of amides is 1. The second kappa shape index (κ2) is 4.51. The van der Waals surface area contributed by atoms with E-state index in [0.717, 1.165) is 5.92 Å². The fourth-order valence-electron chi connectivity index (χ4n) is 3.24. The first kappa shape index (κ1) is 12.7. The molecular weight excluding hydrogens is 214 g/mol. The van der Waals surface area contributed by atoms with Gasteiger partial charge in [-0.25, -0.2) is 4.79 Å². The fourth-order valence-corrected chi connectivity index (χ4v) is 3.24. The highest BCUT2D eigenvalue weighted by Gasteiger charge is 2.44. The zero-order valence-corrected chi connectivity index (χ0v) is 11.5. The highest BCUT2D eigenvalue weighted by atomic mass is 16.6. The Morgan fingerprint density at radius 3 is 2.18 bits per heavy atom. The minimum absolute atomic E-state index is 0.0976. The predicted octanol–water partition coefficient (Wildman–Crippen LogP) is 3.57. The lowest BCUT2D eigenvalue weighted by atomic mass is 9.89. The summed E-state index contributed by atoms with van der Waals surface area (Å²) in [5.41, 5.74) is -0.377. The summed E-state index contributed by atoms with van der Waals surface area (Å²) in [4.78, 5) is 14.2. The smallest absolute Gasteiger partial charge is 0.410 e. The molecule has 2 rings (SSSR count). The van der Waals surface area contributed by atoms with Gasteiger partial charge in [-0.1, -0.05) is 13.3 Å². The number of rotatable bonds is 1. The van der Waals surface area contributed by atoms with Crippen molar-refractivity contribution in [2.24, 2.45) is 5.92 Å². The molecule has 3 nitrogen and oxygen atoms in total. The molecule has 2 heterocycles. The van der Waals surface area contributed by atoms with E-state index in [2.05, 4.69) is 6.92 Å². The monoisotopic (exact) mass is 239 g/mol.